The molecular formula is C33H34N6O8. The Morgan fingerprint density at radius 3 is 2.45 bits per heavy atom. The number of phenols is 1. The maximum atomic E-state index is 14.2. The number of nitrogens with zero attached hydrogens (tertiary/aromatic N) is 5. The third-order valence-electron chi connectivity index (χ3n) is 8.10. The van der Waals surface area contributed by atoms with Gasteiger partial charge < -0.3 is 25.0 Å². The van der Waals surface area contributed by atoms with E-state index in [2.05, 4.69) is 11.9 Å². The number of methoxy groups -OCH3 is 1. The number of nitrogens with one attached hydrogen (secondary N) is 1. The highest BCUT2D eigenvalue weighted by molar-refractivity contribution is 5.95. The van der Waals surface area contributed by atoms with Gasteiger partial charge in [-0.25, -0.2) is 19.6 Å². The lowest BCUT2D eigenvalue weighted by Crippen LogP contribution is -2.76. The van der Waals surface area contributed by atoms with E-state index >= 15 is 0 Å². The Balaban J connectivity index is 1.55. The van der Waals surface area contributed by atoms with E-state index in [1.165, 1.54) is 45.1 Å². The molecule has 0 spiro atoms. The molecule has 2 aliphatic heterocycles. The van der Waals surface area contributed by atoms with Crippen molar-refractivity contribution in [3.63, 3.8) is 0 Å². The molecule has 2 heterocycles. The van der Waals surface area contributed by atoms with E-state index in [9.17, 15) is 34.4 Å². The van der Waals surface area contributed by atoms with Crippen LogP contribution in [0.2, 0.25) is 0 Å². The highest BCUT2D eigenvalue weighted by Gasteiger charge is 2.51. The number of rotatable bonds is 10. The summed E-state index contributed by atoms with van der Waals surface area (Å²) in [6, 6.07) is 18.0. The van der Waals surface area contributed by atoms with E-state index in [-0.39, 0.29) is 61.9 Å². The van der Waals surface area contributed by atoms with Crippen molar-refractivity contribution in [2.24, 2.45) is 0 Å². The summed E-state index contributed by atoms with van der Waals surface area (Å²) in [6.07, 6.45) is 0.611. The van der Waals surface area contributed by atoms with Gasteiger partial charge in [-0.15, -0.1) is 6.58 Å². The first kappa shape index (κ1) is 32.6. The zero-order valence-electron chi connectivity index (χ0n) is 25.7. The molecule has 4 amide bonds. The van der Waals surface area contributed by atoms with Gasteiger partial charge in [0.1, 0.15) is 23.5 Å². The number of hydrazine groups is 1. The SMILES string of the molecule is C=CCN1CC(=O)N2C(CN(Cc3cccc(C(=O)OC)c3[N+](=O)[O-])C(=O)[C@@H]2Cc2ccc(O)cc2)N1C(=O)NCc1ccccc1. The number of hydrogen-bond donors (Lipinski definition) is 2. The number of benzene rings is 3. The molecule has 0 bridgehead atoms. The second-order valence-corrected chi connectivity index (χ2v) is 11.1. The van der Waals surface area contributed by atoms with Crippen LogP contribution in [-0.4, -0.2) is 92.6 Å². The molecule has 2 saturated heterocycles. The second kappa shape index (κ2) is 14.1. The number of para-hydroxylation sites is 1. The Morgan fingerprint density at radius 2 is 1.79 bits per heavy atom. The standard InChI is InChI=1S/C33H34N6O8/c1-3-16-36-21-29(41)37-27(17-22-12-14-25(40)15-13-22)31(42)35(19-24-10-7-11-26(32(43)47-2)30(24)39(45)46)20-28(37)38(36)33(44)34-18-23-8-5-4-6-9-23/h3-15,27-28,40H,1,16-21H2,2H3,(H,34,44)/t27-,28?/m0/s1. The van der Waals surface area contributed by atoms with Gasteiger partial charge in [0.15, 0.2) is 0 Å². The van der Waals surface area contributed by atoms with Gasteiger partial charge in [0, 0.05) is 19.5 Å². The molecule has 2 atom stereocenters. The van der Waals surface area contributed by atoms with Crippen molar-refractivity contribution in [1.82, 2.24) is 25.1 Å². The number of urea groups is 1. The van der Waals surface area contributed by atoms with Crippen LogP contribution in [0.15, 0.2) is 85.5 Å². The van der Waals surface area contributed by atoms with Crippen molar-refractivity contribution in [3.05, 3.63) is 118 Å². The molecule has 0 aromatic heterocycles. The van der Waals surface area contributed by atoms with Crippen LogP contribution < -0.4 is 5.32 Å². The van der Waals surface area contributed by atoms with E-state index in [0.29, 0.717) is 5.56 Å². The average molecular weight is 643 g/mol. The minimum absolute atomic E-state index is 0.0244. The number of amides is 4. The molecule has 5 rings (SSSR count). The fourth-order valence-corrected chi connectivity index (χ4v) is 5.97. The minimum Gasteiger partial charge on any atom is -0.508 e. The van der Waals surface area contributed by atoms with E-state index in [4.69, 9.17) is 4.74 Å². The number of nitro groups is 1. The Bertz CT molecular complexity index is 1680. The molecule has 14 heteroatoms. The van der Waals surface area contributed by atoms with Crippen molar-refractivity contribution in [1.29, 1.82) is 0 Å². The van der Waals surface area contributed by atoms with Gasteiger partial charge in [0.2, 0.25) is 11.8 Å². The Morgan fingerprint density at radius 1 is 1.06 bits per heavy atom. The molecule has 3 aromatic rings. The molecule has 2 fully saturated rings. The van der Waals surface area contributed by atoms with Gasteiger partial charge in [-0.3, -0.25) is 19.7 Å². The van der Waals surface area contributed by atoms with Crippen LogP contribution in [0.5, 0.6) is 5.75 Å². The van der Waals surface area contributed by atoms with E-state index in [1.54, 1.807) is 23.2 Å². The highest BCUT2D eigenvalue weighted by atomic mass is 16.6. The molecule has 0 radical (unpaired) electrons. The van der Waals surface area contributed by atoms with Crippen LogP contribution in [0.25, 0.3) is 0 Å². The van der Waals surface area contributed by atoms with Crippen molar-refractivity contribution < 1.29 is 33.9 Å². The molecule has 1 unspecified atom stereocenters. The molecule has 3 aromatic carbocycles. The Hall–Kier alpha value is -5.76. The number of phenolic OH excluding ortho intramolecular Hbond substituents is 1. The Labute approximate surface area is 270 Å². The number of fused-ring (bicyclic) bond motifs is 1. The predicted octanol–water partition coefficient (Wildman–Crippen LogP) is 2.82. The number of hydrogen-bond acceptors (Lipinski definition) is 9. The molecule has 14 nitrogen and oxygen atoms in total. The van der Waals surface area contributed by atoms with Crippen molar-refractivity contribution in [2.75, 3.05) is 26.7 Å². The number of aromatic hydroxyl groups is 1. The van der Waals surface area contributed by atoms with E-state index < -0.39 is 40.7 Å². The molecule has 244 valence electrons. The van der Waals surface area contributed by atoms with Crippen LogP contribution in [0.3, 0.4) is 0 Å². The third kappa shape index (κ3) is 6.92. The summed E-state index contributed by atoms with van der Waals surface area (Å²) in [6.45, 7) is 3.46. The number of esters is 1. The summed E-state index contributed by atoms with van der Waals surface area (Å²) in [5.74, 6) is -1.77. The van der Waals surface area contributed by atoms with Crippen molar-refractivity contribution in [2.45, 2.75) is 31.7 Å². The summed E-state index contributed by atoms with van der Waals surface area (Å²) >= 11 is 0. The second-order valence-electron chi connectivity index (χ2n) is 11.1. The first-order chi connectivity index (χ1) is 22.6. The Kier molecular flexibility index (Phi) is 9.80. The zero-order chi connectivity index (χ0) is 33.7. The van der Waals surface area contributed by atoms with Gasteiger partial charge in [-0.2, -0.15) is 0 Å². The predicted molar refractivity (Wildman–Crippen MR) is 168 cm³/mol. The summed E-state index contributed by atoms with van der Waals surface area (Å²) < 4.78 is 4.75. The topological polar surface area (TPSA) is 166 Å². The molecule has 2 N–H and O–H groups in total. The van der Waals surface area contributed by atoms with Crippen LogP contribution in [0.4, 0.5) is 10.5 Å². The van der Waals surface area contributed by atoms with Gasteiger partial charge in [0.05, 0.1) is 37.2 Å². The minimum atomic E-state index is -1.09. The summed E-state index contributed by atoms with van der Waals surface area (Å²) in [5.41, 5.74) is 0.795. The fourth-order valence-electron chi connectivity index (χ4n) is 5.97. The quantitative estimate of drug-likeness (QED) is 0.146. The zero-order valence-corrected chi connectivity index (χ0v) is 25.7. The third-order valence-corrected chi connectivity index (χ3v) is 8.10. The number of nitro benzene ring substituents is 1. The van der Waals surface area contributed by atoms with Gasteiger partial charge in [-0.05, 0) is 29.3 Å². The molecule has 2 aliphatic rings. The number of carbonyl (C=O) groups excluding carboxylic acids is 4. The first-order valence-electron chi connectivity index (χ1n) is 14.8. The van der Waals surface area contributed by atoms with Gasteiger partial charge >= 0.3 is 12.0 Å². The number of piperazine rings is 1. The first-order valence-corrected chi connectivity index (χ1v) is 14.8. The largest absolute Gasteiger partial charge is 0.508 e. The number of ether oxygens (including phenoxy) is 1. The maximum Gasteiger partial charge on any atom is 0.344 e. The van der Waals surface area contributed by atoms with Crippen molar-refractivity contribution in [3.8, 4) is 5.75 Å². The summed E-state index contributed by atoms with van der Waals surface area (Å²) in [5, 5.41) is 27.8. The van der Waals surface area contributed by atoms with Crippen LogP contribution in [0, 0.1) is 10.1 Å². The average Bonchev–Trinajstić information content (AvgIpc) is 3.06. The van der Waals surface area contributed by atoms with Gasteiger partial charge in [-0.1, -0.05) is 60.7 Å². The lowest BCUT2D eigenvalue weighted by molar-refractivity contribution is -0.386. The number of carbonyl (C=O) groups is 4. The lowest BCUT2D eigenvalue weighted by atomic mass is 9.97. The smallest absolute Gasteiger partial charge is 0.344 e. The molecule has 0 aliphatic carbocycles. The normalized spacial score (nSPS) is 18.0. The van der Waals surface area contributed by atoms with Crippen LogP contribution >= 0.6 is 0 Å². The highest BCUT2D eigenvalue weighted by Crippen LogP contribution is 2.32. The monoisotopic (exact) mass is 642 g/mol. The van der Waals surface area contributed by atoms with E-state index in [1.807, 2.05) is 30.3 Å². The van der Waals surface area contributed by atoms with Crippen molar-refractivity contribution >= 4 is 29.5 Å². The molecule has 0 saturated carbocycles. The summed E-state index contributed by atoms with van der Waals surface area (Å²) in [4.78, 5) is 68.5. The van der Waals surface area contributed by atoms with Crippen LogP contribution in [-0.2, 0) is 33.8 Å². The van der Waals surface area contributed by atoms with Crippen LogP contribution in [0.1, 0.15) is 27.0 Å². The van der Waals surface area contributed by atoms with E-state index in [0.717, 1.165) is 12.7 Å². The molecular weight excluding hydrogens is 608 g/mol. The lowest BCUT2D eigenvalue weighted by Gasteiger charge is -2.55. The maximum absolute atomic E-state index is 14.2. The summed E-state index contributed by atoms with van der Waals surface area (Å²) in [7, 11) is 1.11. The van der Waals surface area contributed by atoms with Gasteiger partial charge in [0.25, 0.3) is 5.69 Å². The fraction of sp³-hybridized carbons (Fsp3) is 0.273. The molecule has 47 heavy (non-hydrogen) atoms.